The lowest BCUT2D eigenvalue weighted by atomic mass is 15.9. The van der Waals surface area contributed by atoms with Gasteiger partial charge in [0, 0.05) is 0 Å². The summed E-state index contributed by atoms with van der Waals surface area (Å²) >= 11 is 18.2. The van der Waals surface area contributed by atoms with Gasteiger partial charge in [-0.25, -0.2) is 0 Å². The predicted octanol–water partition coefficient (Wildman–Crippen LogP) is 1.08. The third-order valence-corrected chi connectivity index (χ3v) is 0. The summed E-state index contributed by atoms with van der Waals surface area (Å²) in [7, 11) is 0. The largest absolute Gasteiger partial charge is 0.295 e. The SMILES string of the molecule is Cl.OCl.OCl.OCl.OCl.OCl. The van der Waals surface area contributed by atoms with Gasteiger partial charge in [0.1, 0.15) is 0 Å². The fraction of sp³-hybridized carbons (Fsp3) is 0. The van der Waals surface area contributed by atoms with Crippen LogP contribution in [0.1, 0.15) is 0 Å². The molecular formula is H6Cl6O5. The van der Waals surface area contributed by atoms with E-state index in [1.807, 2.05) is 0 Å². The Morgan fingerprint density at radius 2 is 0.364 bits per heavy atom. The third kappa shape index (κ3) is 443. The Kier molecular flexibility index (Phi) is 1920. The highest BCUT2D eigenvalue weighted by molar-refractivity contribution is 6.05. The quantitative estimate of drug-likeness (QED) is 0.461. The average molecular weight is 299 g/mol. The minimum absolute atomic E-state index is 0. The Morgan fingerprint density at radius 1 is 0.364 bits per heavy atom. The molecule has 0 radical (unpaired) electrons. The van der Waals surface area contributed by atoms with Gasteiger partial charge < -0.3 is 0 Å². The summed E-state index contributed by atoms with van der Waals surface area (Å²) in [6, 6.07) is 0. The zero-order valence-electron chi connectivity index (χ0n) is 4.53. The second kappa shape index (κ2) is 541. The Bertz CT molecular complexity index is 10.9. The highest BCUT2D eigenvalue weighted by Gasteiger charge is 0.905. The van der Waals surface area contributed by atoms with Crippen molar-refractivity contribution in [1.82, 2.24) is 0 Å². The molecule has 0 amide bonds. The van der Waals surface area contributed by atoms with Crippen LogP contribution >= 0.6 is 71.7 Å². The first kappa shape index (κ1) is 39.0. The van der Waals surface area contributed by atoms with Crippen molar-refractivity contribution in [3.05, 3.63) is 0 Å². The van der Waals surface area contributed by atoms with Crippen LogP contribution in [0.25, 0.3) is 0 Å². The highest BCUT2D eigenvalue weighted by atomic mass is 35.5. The molecule has 0 rings (SSSR count). The first-order valence-electron chi connectivity index (χ1n) is 0.845. The van der Waals surface area contributed by atoms with Gasteiger partial charge in [0.25, 0.3) is 0 Å². The number of hydrogen-bond donors (Lipinski definition) is 5. The van der Waals surface area contributed by atoms with Crippen molar-refractivity contribution in [2.24, 2.45) is 0 Å². The van der Waals surface area contributed by atoms with Crippen molar-refractivity contribution in [3.8, 4) is 0 Å². The van der Waals surface area contributed by atoms with Gasteiger partial charge in [-0.15, -0.1) is 12.4 Å². The topological polar surface area (TPSA) is 101 Å². The zero-order valence-corrected chi connectivity index (χ0v) is 9.13. The van der Waals surface area contributed by atoms with E-state index in [0.29, 0.717) is 0 Å². The first-order chi connectivity index (χ1) is 5.00. The maximum absolute atomic E-state index is 6.47. The van der Waals surface area contributed by atoms with E-state index in [0.717, 1.165) is 0 Å². The summed E-state index contributed by atoms with van der Waals surface area (Å²) in [5, 5.41) is 0. The van der Waals surface area contributed by atoms with Crippen molar-refractivity contribution in [2.45, 2.75) is 0 Å². The van der Waals surface area contributed by atoms with E-state index in [1.54, 1.807) is 0 Å². The van der Waals surface area contributed by atoms with Crippen LogP contribution < -0.4 is 0 Å². The van der Waals surface area contributed by atoms with E-state index >= 15 is 0 Å². The van der Waals surface area contributed by atoms with Crippen molar-refractivity contribution in [3.63, 3.8) is 0 Å². The Balaban J connectivity index is -0.00000000694. The molecule has 0 aliphatic heterocycles. The third-order valence-electron chi connectivity index (χ3n) is 0. The zero-order chi connectivity index (χ0) is 10.0. The lowest BCUT2D eigenvalue weighted by molar-refractivity contribution is 0.632. The van der Waals surface area contributed by atoms with Crippen LogP contribution in [0, 0.1) is 0 Å². The molecule has 0 spiro atoms. The summed E-state index contributed by atoms with van der Waals surface area (Å²) < 4.78 is 32.4. The molecule has 0 heterocycles. The Morgan fingerprint density at radius 3 is 0.364 bits per heavy atom. The van der Waals surface area contributed by atoms with Crippen LogP contribution in [-0.2, 0) is 0 Å². The molecule has 0 bridgehead atoms. The molecule has 11 heavy (non-hydrogen) atoms. The molecule has 0 saturated heterocycles. The number of hydrogen-bond acceptors (Lipinski definition) is 5. The summed E-state index contributed by atoms with van der Waals surface area (Å²) in [6.07, 6.45) is 0. The monoisotopic (exact) mass is 296 g/mol. The smallest absolute Gasteiger partial charge is 0.0579 e. The molecule has 78 valence electrons. The molecule has 0 fully saturated rings. The number of halogens is 6. The fourth-order valence-electron chi connectivity index (χ4n) is 0. The van der Waals surface area contributed by atoms with E-state index in [9.17, 15) is 0 Å². The van der Waals surface area contributed by atoms with Crippen LogP contribution in [0.5, 0.6) is 0 Å². The van der Waals surface area contributed by atoms with E-state index in [2.05, 4.69) is 59.3 Å². The lowest BCUT2D eigenvalue weighted by Crippen LogP contribution is -0.913. The van der Waals surface area contributed by atoms with Gasteiger partial charge in [-0.05, 0) is 0 Å². The van der Waals surface area contributed by atoms with Crippen LogP contribution in [0.15, 0.2) is 0 Å². The van der Waals surface area contributed by atoms with Crippen molar-refractivity contribution < 1.29 is 23.3 Å². The molecule has 0 aromatic rings. The summed E-state index contributed by atoms with van der Waals surface area (Å²) in [5.41, 5.74) is 0. The van der Waals surface area contributed by atoms with E-state index < -0.39 is 0 Å². The summed E-state index contributed by atoms with van der Waals surface area (Å²) in [4.78, 5) is 0. The molecular weight excluding hydrogens is 293 g/mol. The van der Waals surface area contributed by atoms with Crippen molar-refractivity contribution in [2.75, 3.05) is 0 Å². The second-order valence-electron chi connectivity index (χ2n) is 0. The molecule has 0 unspecified atom stereocenters. The molecule has 0 aliphatic rings. The molecule has 0 atom stereocenters. The van der Waals surface area contributed by atoms with Crippen molar-refractivity contribution in [1.29, 1.82) is 0 Å². The summed E-state index contributed by atoms with van der Waals surface area (Å²) in [6.45, 7) is 0. The number of rotatable bonds is 0. The first-order valence-corrected chi connectivity index (χ1v) is 2.54. The molecule has 0 aliphatic carbocycles. The Hall–Kier alpha value is 1.54. The van der Waals surface area contributed by atoms with E-state index in [-0.39, 0.29) is 12.4 Å². The van der Waals surface area contributed by atoms with Crippen LogP contribution in [-0.4, -0.2) is 23.3 Å². The van der Waals surface area contributed by atoms with Crippen LogP contribution in [0.3, 0.4) is 0 Å². The standard InChI is InChI=1S/5ClHO.ClH/c5*1-2;/h5*2H;1H. The van der Waals surface area contributed by atoms with Crippen LogP contribution in [0.2, 0.25) is 0 Å². The van der Waals surface area contributed by atoms with Gasteiger partial charge >= 0.3 is 0 Å². The molecule has 0 aromatic heterocycles. The maximum atomic E-state index is 6.47. The fourth-order valence-corrected chi connectivity index (χ4v) is 0. The van der Waals surface area contributed by atoms with Gasteiger partial charge in [0.15, 0.2) is 0 Å². The van der Waals surface area contributed by atoms with Gasteiger partial charge in [-0.3, -0.25) is 23.3 Å². The highest BCUT2D eigenvalue weighted by Crippen LogP contribution is 1.32. The molecule has 11 heteroatoms. The van der Waals surface area contributed by atoms with Gasteiger partial charge in [-0.1, -0.05) is 0 Å². The average Bonchev–Trinajstić information content (AvgIpc) is 2.20. The Labute approximate surface area is 94.9 Å². The second-order valence-corrected chi connectivity index (χ2v) is 0. The minimum atomic E-state index is 0. The van der Waals surface area contributed by atoms with E-state index in [4.69, 9.17) is 23.3 Å². The van der Waals surface area contributed by atoms with Crippen molar-refractivity contribution >= 4 is 71.7 Å². The molecule has 0 saturated carbocycles. The molecule has 5 nitrogen and oxygen atoms in total. The summed E-state index contributed by atoms with van der Waals surface area (Å²) in [5.74, 6) is 0. The predicted molar refractivity (Wildman–Crippen MR) is 47.6 cm³/mol. The normalized spacial score (nSPS) is 2.73. The van der Waals surface area contributed by atoms with Gasteiger partial charge in [0.05, 0.1) is 59.3 Å². The minimum Gasteiger partial charge on any atom is -0.295 e. The lowest BCUT2D eigenvalue weighted by Gasteiger charge is -1.13. The molecule has 5 N–H and O–H groups in total. The van der Waals surface area contributed by atoms with Gasteiger partial charge in [-0.2, -0.15) is 0 Å². The van der Waals surface area contributed by atoms with Gasteiger partial charge in [0.2, 0.25) is 0 Å². The maximum Gasteiger partial charge on any atom is 0.0579 e. The molecule has 0 aromatic carbocycles. The van der Waals surface area contributed by atoms with E-state index in [1.165, 1.54) is 0 Å². The van der Waals surface area contributed by atoms with Crippen LogP contribution in [0.4, 0.5) is 0 Å².